The molecule has 0 atom stereocenters. The molecule has 0 bridgehead atoms. The first-order valence-corrected chi connectivity index (χ1v) is 4.71. The lowest BCUT2D eigenvalue weighted by Gasteiger charge is -2.24. The molecule has 0 amide bonds. The minimum Gasteiger partial charge on any atom is -0.308 e. The van der Waals surface area contributed by atoms with Crippen LogP contribution in [0.3, 0.4) is 0 Å². The van der Waals surface area contributed by atoms with Crippen LogP contribution in [0.15, 0.2) is 11.6 Å². The molecule has 2 heteroatoms. The number of hydrogen-bond donors (Lipinski definition) is 1. The lowest BCUT2D eigenvalue weighted by Crippen LogP contribution is -2.39. The van der Waals surface area contributed by atoms with E-state index in [9.17, 15) is 0 Å². The largest absolute Gasteiger partial charge is 0.308 e. The van der Waals surface area contributed by atoms with Gasteiger partial charge in [-0.3, -0.25) is 0 Å². The molecule has 0 aromatic heterocycles. The third-order valence-electron chi connectivity index (χ3n) is 2.44. The van der Waals surface area contributed by atoms with Gasteiger partial charge in [0.15, 0.2) is 0 Å². The van der Waals surface area contributed by atoms with E-state index in [0.717, 1.165) is 6.54 Å². The van der Waals surface area contributed by atoms with Gasteiger partial charge in [-0.15, -0.1) is 0 Å². The fraction of sp³-hybridized carbons (Fsp3) is 0.778. The van der Waals surface area contributed by atoms with Gasteiger partial charge in [-0.05, 0) is 19.8 Å². The van der Waals surface area contributed by atoms with E-state index in [4.69, 9.17) is 11.6 Å². The van der Waals surface area contributed by atoms with Crippen molar-refractivity contribution >= 4 is 11.6 Å². The SMILES string of the molecule is CC1(NC/C=C/Cl)CCCC1. The summed E-state index contributed by atoms with van der Waals surface area (Å²) in [6.07, 6.45) is 7.31. The van der Waals surface area contributed by atoms with Crippen LogP contribution in [0.1, 0.15) is 32.6 Å². The molecule has 0 saturated heterocycles. The fourth-order valence-electron chi connectivity index (χ4n) is 1.68. The van der Waals surface area contributed by atoms with Gasteiger partial charge in [0, 0.05) is 17.6 Å². The molecule has 11 heavy (non-hydrogen) atoms. The summed E-state index contributed by atoms with van der Waals surface area (Å²) in [6.45, 7) is 3.20. The van der Waals surface area contributed by atoms with Gasteiger partial charge < -0.3 is 5.32 Å². The molecule has 0 radical (unpaired) electrons. The Balaban J connectivity index is 2.23. The summed E-state index contributed by atoms with van der Waals surface area (Å²) in [7, 11) is 0. The van der Waals surface area contributed by atoms with E-state index in [1.54, 1.807) is 5.54 Å². The molecule has 0 heterocycles. The molecule has 1 aliphatic rings. The molecule has 1 nitrogen and oxygen atoms in total. The Morgan fingerprint density at radius 3 is 2.64 bits per heavy atom. The number of halogens is 1. The van der Waals surface area contributed by atoms with Crippen molar-refractivity contribution in [1.29, 1.82) is 0 Å². The maximum absolute atomic E-state index is 5.41. The van der Waals surface area contributed by atoms with E-state index in [0.29, 0.717) is 5.54 Å². The summed E-state index contributed by atoms with van der Waals surface area (Å²) in [5.74, 6) is 0. The standard InChI is InChI=1S/C9H16ClN/c1-9(5-2-3-6-9)11-8-4-7-10/h4,7,11H,2-3,5-6,8H2,1H3/b7-4+. The molecular formula is C9H16ClN. The second-order valence-corrected chi connectivity index (χ2v) is 3.76. The average molecular weight is 174 g/mol. The zero-order valence-electron chi connectivity index (χ0n) is 7.07. The first-order valence-electron chi connectivity index (χ1n) is 4.27. The Labute approximate surface area is 73.8 Å². The highest BCUT2D eigenvalue weighted by Crippen LogP contribution is 2.28. The van der Waals surface area contributed by atoms with Crippen molar-refractivity contribution in [3.05, 3.63) is 11.6 Å². The van der Waals surface area contributed by atoms with Gasteiger partial charge in [-0.25, -0.2) is 0 Å². The molecule has 1 fully saturated rings. The molecule has 1 rings (SSSR count). The van der Waals surface area contributed by atoms with Crippen LogP contribution in [0.4, 0.5) is 0 Å². The highest BCUT2D eigenvalue weighted by molar-refractivity contribution is 6.25. The van der Waals surface area contributed by atoms with Crippen LogP contribution in [0.2, 0.25) is 0 Å². The molecule has 0 unspecified atom stereocenters. The second-order valence-electron chi connectivity index (χ2n) is 3.51. The molecule has 64 valence electrons. The molecule has 0 aromatic carbocycles. The zero-order valence-corrected chi connectivity index (χ0v) is 7.82. The Bertz CT molecular complexity index is 136. The Morgan fingerprint density at radius 2 is 2.09 bits per heavy atom. The summed E-state index contributed by atoms with van der Waals surface area (Å²) in [5.41, 5.74) is 1.96. The monoisotopic (exact) mass is 173 g/mol. The number of nitrogens with one attached hydrogen (secondary N) is 1. The Hall–Kier alpha value is -0.0100. The second kappa shape index (κ2) is 4.13. The van der Waals surface area contributed by atoms with E-state index in [1.165, 1.54) is 25.7 Å². The van der Waals surface area contributed by atoms with Gasteiger partial charge in [-0.1, -0.05) is 30.5 Å². The van der Waals surface area contributed by atoms with E-state index < -0.39 is 0 Å². The maximum Gasteiger partial charge on any atom is 0.0156 e. The third-order valence-corrected chi connectivity index (χ3v) is 2.62. The Kier molecular flexibility index (Phi) is 3.41. The number of hydrogen-bond acceptors (Lipinski definition) is 1. The van der Waals surface area contributed by atoms with Crippen molar-refractivity contribution in [3.63, 3.8) is 0 Å². The zero-order chi connectivity index (χ0) is 8.16. The molecule has 0 aliphatic heterocycles. The fourth-order valence-corrected chi connectivity index (χ4v) is 1.77. The van der Waals surface area contributed by atoms with Crippen LogP contribution in [-0.4, -0.2) is 12.1 Å². The van der Waals surface area contributed by atoms with Gasteiger partial charge >= 0.3 is 0 Å². The van der Waals surface area contributed by atoms with Crippen LogP contribution in [0.25, 0.3) is 0 Å². The molecule has 1 aliphatic carbocycles. The first kappa shape index (κ1) is 9.08. The smallest absolute Gasteiger partial charge is 0.0156 e. The van der Waals surface area contributed by atoms with Crippen LogP contribution in [0, 0.1) is 0 Å². The molecule has 0 aromatic rings. The molecule has 1 saturated carbocycles. The van der Waals surface area contributed by atoms with Crippen molar-refractivity contribution in [1.82, 2.24) is 5.32 Å². The summed E-state index contributed by atoms with van der Waals surface area (Å²) in [6, 6.07) is 0. The van der Waals surface area contributed by atoms with Gasteiger partial charge in [0.1, 0.15) is 0 Å². The summed E-state index contributed by atoms with van der Waals surface area (Å²) < 4.78 is 0. The third kappa shape index (κ3) is 2.84. The van der Waals surface area contributed by atoms with Gasteiger partial charge in [0.2, 0.25) is 0 Å². The van der Waals surface area contributed by atoms with Crippen LogP contribution >= 0.6 is 11.6 Å². The normalized spacial score (nSPS) is 23.1. The van der Waals surface area contributed by atoms with Crippen molar-refractivity contribution in [2.24, 2.45) is 0 Å². The quantitative estimate of drug-likeness (QED) is 0.692. The average Bonchev–Trinajstić information content (AvgIpc) is 2.38. The van der Waals surface area contributed by atoms with Crippen molar-refractivity contribution in [3.8, 4) is 0 Å². The summed E-state index contributed by atoms with van der Waals surface area (Å²) in [5, 5.41) is 3.49. The van der Waals surface area contributed by atoms with Crippen LogP contribution < -0.4 is 5.32 Å². The lowest BCUT2D eigenvalue weighted by molar-refractivity contribution is 0.382. The van der Waals surface area contributed by atoms with Gasteiger partial charge in [0.05, 0.1) is 0 Å². The first-order chi connectivity index (χ1) is 5.27. The van der Waals surface area contributed by atoms with E-state index in [2.05, 4.69) is 12.2 Å². The predicted molar refractivity (Wildman–Crippen MR) is 49.9 cm³/mol. The van der Waals surface area contributed by atoms with Gasteiger partial charge in [0.25, 0.3) is 0 Å². The van der Waals surface area contributed by atoms with Crippen molar-refractivity contribution < 1.29 is 0 Å². The van der Waals surface area contributed by atoms with E-state index >= 15 is 0 Å². The minimum absolute atomic E-state index is 0.385. The van der Waals surface area contributed by atoms with Crippen molar-refractivity contribution in [2.75, 3.05) is 6.54 Å². The topological polar surface area (TPSA) is 12.0 Å². The van der Waals surface area contributed by atoms with Crippen molar-refractivity contribution in [2.45, 2.75) is 38.1 Å². The van der Waals surface area contributed by atoms with E-state index in [1.807, 2.05) is 6.08 Å². The van der Waals surface area contributed by atoms with Crippen LogP contribution in [-0.2, 0) is 0 Å². The minimum atomic E-state index is 0.385. The maximum atomic E-state index is 5.41. The Morgan fingerprint density at radius 1 is 1.45 bits per heavy atom. The summed E-state index contributed by atoms with van der Waals surface area (Å²) in [4.78, 5) is 0. The van der Waals surface area contributed by atoms with Gasteiger partial charge in [-0.2, -0.15) is 0 Å². The molecule has 0 spiro atoms. The number of rotatable bonds is 3. The highest BCUT2D eigenvalue weighted by atomic mass is 35.5. The predicted octanol–water partition coefficient (Wildman–Crippen LogP) is 2.66. The van der Waals surface area contributed by atoms with E-state index in [-0.39, 0.29) is 0 Å². The van der Waals surface area contributed by atoms with Crippen LogP contribution in [0.5, 0.6) is 0 Å². The summed E-state index contributed by atoms with van der Waals surface area (Å²) >= 11 is 5.41. The highest BCUT2D eigenvalue weighted by Gasteiger charge is 2.26. The lowest BCUT2D eigenvalue weighted by atomic mass is 10.0. The molecular weight excluding hydrogens is 158 g/mol. The molecule has 1 N–H and O–H groups in total.